The van der Waals surface area contributed by atoms with Gasteiger partial charge in [-0.1, -0.05) is 29.3 Å². The van der Waals surface area contributed by atoms with Gasteiger partial charge in [0, 0.05) is 5.39 Å². The zero-order valence-electron chi connectivity index (χ0n) is 7.01. The Labute approximate surface area is 86.3 Å². The fraction of sp³-hybridized carbons (Fsp3) is 0.100. The van der Waals surface area contributed by atoms with Crippen LogP contribution in [-0.4, -0.2) is 4.98 Å². The molecule has 1 nitrogen and oxygen atoms in total. The molecule has 3 heteroatoms. The standard InChI is InChI=1S/C10H7Cl2N/c1-6-9(12)5-7-8(11)3-2-4-10(7)13-6/h2-5H,1H3. The van der Waals surface area contributed by atoms with Gasteiger partial charge in [0.05, 0.1) is 21.3 Å². The van der Waals surface area contributed by atoms with Crippen molar-refractivity contribution in [1.82, 2.24) is 4.98 Å². The van der Waals surface area contributed by atoms with Crippen LogP contribution in [-0.2, 0) is 0 Å². The molecule has 0 radical (unpaired) electrons. The third-order valence-corrected chi connectivity index (χ3v) is 2.65. The van der Waals surface area contributed by atoms with Gasteiger partial charge in [-0.3, -0.25) is 4.98 Å². The van der Waals surface area contributed by atoms with Gasteiger partial charge in [0.2, 0.25) is 0 Å². The molecule has 13 heavy (non-hydrogen) atoms. The highest BCUT2D eigenvalue weighted by atomic mass is 35.5. The smallest absolute Gasteiger partial charge is 0.0721 e. The summed E-state index contributed by atoms with van der Waals surface area (Å²) in [5.41, 5.74) is 1.71. The number of nitrogens with zero attached hydrogens (tertiary/aromatic N) is 1. The van der Waals surface area contributed by atoms with E-state index in [1.165, 1.54) is 0 Å². The Bertz CT molecular complexity index is 466. The lowest BCUT2D eigenvalue weighted by molar-refractivity contribution is 1.26. The molecule has 0 atom stereocenters. The van der Waals surface area contributed by atoms with E-state index in [0.717, 1.165) is 16.6 Å². The fourth-order valence-electron chi connectivity index (χ4n) is 1.23. The molecule has 0 saturated carbocycles. The van der Waals surface area contributed by atoms with E-state index in [0.29, 0.717) is 10.0 Å². The molecule has 0 saturated heterocycles. The average Bonchev–Trinajstić information content (AvgIpc) is 2.09. The topological polar surface area (TPSA) is 12.9 Å². The molecule has 0 spiro atoms. The van der Waals surface area contributed by atoms with Crippen LogP contribution >= 0.6 is 23.2 Å². The molecule has 0 aliphatic heterocycles. The molecule has 0 fully saturated rings. The first-order valence-electron chi connectivity index (χ1n) is 3.90. The van der Waals surface area contributed by atoms with Crippen molar-refractivity contribution >= 4 is 34.1 Å². The van der Waals surface area contributed by atoms with Crippen molar-refractivity contribution < 1.29 is 0 Å². The van der Waals surface area contributed by atoms with Gasteiger partial charge in [0.1, 0.15) is 0 Å². The number of benzene rings is 1. The number of halogens is 2. The summed E-state index contributed by atoms with van der Waals surface area (Å²) in [4.78, 5) is 4.32. The summed E-state index contributed by atoms with van der Waals surface area (Å²) >= 11 is 11.9. The molecule has 66 valence electrons. The van der Waals surface area contributed by atoms with E-state index in [1.54, 1.807) is 0 Å². The SMILES string of the molecule is Cc1nc2cccc(Cl)c2cc1Cl. The van der Waals surface area contributed by atoms with Gasteiger partial charge >= 0.3 is 0 Å². The number of pyridine rings is 1. The maximum atomic E-state index is 5.98. The molecule has 2 rings (SSSR count). The monoisotopic (exact) mass is 211 g/mol. The van der Waals surface area contributed by atoms with Crippen molar-refractivity contribution in [3.63, 3.8) is 0 Å². The fourth-order valence-corrected chi connectivity index (χ4v) is 1.61. The highest BCUT2D eigenvalue weighted by Gasteiger charge is 2.03. The van der Waals surface area contributed by atoms with E-state index in [4.69, 9.17) is 23.2 Å². The first kappa shape index (κ1) is 8.79. The summed E-state index contributed by atoms with van der Waals surface area (Å²) < 4.78 is 0. The van der Waals surface area contributed by atoms with E-state index in [1.807, 2.05) is 31.2 Å². The highest BCUT2D eigenvalue weighted by Crippen LogP contribution is 2.26. The van der Waals surface area contributed by atoms with E-state index in [-0.39, 0.29) is 0 Å². The van der Waals surface area contributed by atoms with Gasteiger partial charge in [0.15, 0.2) is 0 Å². The summed E-state index contributed by atoms with van der Waals surface area (Å²) in [6.45, 7) is 1.88. The van der Waals surface area contributed by atoms with E-state index in [2.05, 4.69) is 4.98 Å². The largest absolute Gasteiger partial charge is 0.252 e. The van der Waals surface area contributed by atoms with Crippen molar-refractivity contribution in [2.75, 3.05) is 0 Å². The number of rotatable bonds is 0. The number of aryl methyl sites for hydroxylation is 1. The van der Waals surface area contributed by atoms with Crippen molar-refractivity contribution in [2.45, 2.75) is 6.92 Å². The predicted molar refractivity (Wildman–Crippen MR) is 56.5 cm³/mol. The molecule has 0 aliphatic carbocycles. The number of hydrogen-bond donors (Lipinski definition) is 0. The summed E-state index contributed by atoms with van der Waals surface area (Å²) in [6.07, 6.45) is 0. The molecular weight excluding hydrogens is 205 g/mol. The van der Waals surface area contributed by atoms with Gasteiger partial charge in [-0.2, -0.15) is 0 Å². The number of hydrogen-bond acceptors (Lipinski definition) is 1. The van der Waals surface area contributed by atoms with Crippen LogP contribution in [0.15, 0.2) is 24.3 Å². The second-order valence-corrected chi connectivity index (χ2v) is 3.68. The quantitative estimate of drug-likeness (QED) is 0.646. The molecule has 0 N–H and O–H groups in total. The lowest BCUT2D eigenvalue weighted by atomic mass is 10.2. The molecule has 1 aromatic heterocycles. The van der Waals surface area contributed by atoms with Crippen LogP contribution in [0.3, 0.4) is 0 Å². The van der Waals surface area contributed by atoms with Crippen molar-refractivity contribution in [1.29, 1.82) is 0 Å². The molecule has 2 aromatic rings. The minimum absolute atomic E-state index is 0.653. The predicted octanol–water partition coefficient (Wildman–Crippen LogP) is 3.85. The van der Waals surface area contributed by atoms with Gasteiger partial charge in [-0.05, 0) is 25.1 Å². The maximum absolute atomic E-state index is 5.98. The minimum Gasteiger partial charge on any atom is -0.252 e. The summed E-state index contributed by atoms with van der Waals surface area (Å²) in [5, 5.41) is 2.24. The molecule has 1 heterocycles. The van der Waals surface area contributed by atoms with Crippen LogP contribution in [0.25, 0.3) is 10.9 Å². The van der Waals surface area contributed by atoms with Crippen LogP contribution in [0.5, 0.6) is 0 Å². The van der Waals surface area contributed by atoms with E-state index in [9.17, 15) is 0 Å². The van der Waals surface area contributed by atoms with Gasteiger partial charge in [-0.25, -0.2) is 0 Å². The zero-order chi connectivity index (χ0) is 9.42. The van der Waals surface area contributed by atoms with E-state index >= 15 is 0 Å². The van der Waals surface area contributed by atoms with E-state index < -0.39 is 0 Å². The minimum atomic E-state index is 0.653. The Kier molecular flexibility index (Phi) is 2.14. The van der Waals surface area contributed by atoms with Gasteiger partial charge in [-0.15, -0.1) is 0 Å². The second kappa shape index (κ2) is 3.17. The van der Waals surface area contributed by atoms with Crippen molar-refractivity contribution in [3.8, 4) is 0 Å². The van der Waals surface area contributed by atoms with Gasteiger partial charge < -0.3 is 0 Å². The summed E-state index contributed by atoms with van der Waals surface area (Å²) in [7, 11) is 0. The lowest BCUT2D eigenvalue weighted by Gasteiger charge is -2.02. The number of fused-ring (bicyclic) bond motifs is 1. The second-order valence-electron chi connectivity index (χ2n) is 2.86. The highest BCUT2D eigenvalue weighted by molar-refractivity contribution is 6.36. The summed E-state index contributed by atoms with van der Waals surface area (Å²) in [5.74, 6) is 0. The van der Waals surface area contributed by atoms with Crippen LogP contribution in [0.1, 0.15) is 5.69 Å². The van der Waals surface area contributed by atoms with Crippen LogP contribution < -0.4 is 0 Å². The molecule has 1 aromatic carbocycles. The third-order valence-electron chi connectivity index (χ3n) is 1.93. The van der Waals surface area contributed by atoms with Crippen molar-refractivity contribution in [3.05, 3.63) is 40.0 Å². The van der Waals surface area contributed by atoms with Crippen LogP contribution in [0.4, 0.5) is 0 Å². The van der Waals surface area contributed by atoms with Crippen LogP contribution in [0.2, 0.25) is 10.0 Å². The molecule has 0 bridgehead atoms. The Morgan fingerprint density at radius 3 is 2.69 bits per heavy atom. The molecule has 0 amide bonds. The third kappa shape index (κ3) is 1.50. The van der Waals surface area contributed by atoms with Crippen molar-refractivity contribution in [2.24, 2.45) is 0 Å². The average molecular weight is 212 g/mol. The lowest BCUT2D eigenvalue weighted by Crippen LogP contribution is -1.85. The Morgan fingerprint density at radius 2 is 1.92 bits per heavy atom. The molecule has 0 aliphatic rings. The zero-order valence-corrected chi connectivity index (χ0v) is 8.52. The first-order valence-corrected chi connectivity index (χ1v) is 4.65. The maximum Gasteiger partial charge on any atom is 0.0721 e. The Hall–Kier alpha value is -0.790. The molecular formula is C10H7Cl2N. The first-order chi connectivity index (χ1) is 6.18. The summed E-state index contributed by atoms with van der Waals surface area (Å²) in [6, 6.07) is 7.48. The van der Waals surface area contributed by atoms with Gasteiger partial charge in [0.25, 0.3) is 0 Å². The Balaban J connectivity index is 2.89. The van der Waals surface area contributed by atoms with Crippen LogP contribution in [0, 0.1) is 6.92 Å². The molecule has 0 unspecified atom stereocenters. The normalized spacial score (nSPS) is 10.7. The number of aromatic nitrogens is 1. The Morgan fingerprint density at radius 1 is 1.15 bits per heavy atom.